The molecule has 0 saturated heterocycles. The zero-order valence-electron chi connectivity index (χ0n) is 10.6. The molecule has 19 heavy (non-hydrogen) atoms. The van der Waals surface area contributed by atoms with Gasteiger partial charge in [0.2, 0.25) is 0 Å². The van der Waals surface area contributed by atoms with Crippen molar-refractivity contribution in [2.75, 3.05) is 12.4 Å². The second kappa shape index (κ2) is 5.17. The van der Waals surface area contributed by atoms with E-state index in [1.54, 1.807) is 12.1 Å². The highest BCUT2D eigenvalue weighted by Crippen LogP contribution is 2.39. The predicted octanol–water partition coefficient (Wildman–Crippen LogP) is 3.69. The van der Waals surface area contributed by atoms with Crippen LogP contribution in [0.3, 0.4) is 0 Å². The van der Waals surface area contributed by atoms with E-state index in [4.69, 9.17) is 0 Å². The first-order chi connectivity index (χ1) is 9.26. The Kier molecular flexibility index (Phi) is 3.38. The smallest absolute Gasteiger partial charge is 0.137 e. The van der Waals surface area contributed by atoms with Gasteiger partial charge in [-0.2, -0.15) is 0 Å². The summed E-state index contributed by atoms with van der Waals surface area (Å²) >= 11 is 1.34. The molecule has 1 heterocycles. The van der Waals surface area contributed by atoms with Crippen LogP contribution in [0.5, 0.6) is 0 Å². The van der Waals surface area contributed by atoms with Crippen LogP contribution in [-0.4, -0.2) is 17.0 Å². The molecule has 0 bridgehead atoms. The van der Waals surface area contributed by atoms with Gasteiger partial charge in [-0.3, -0.25) is 0 Å². The van der Waals surface area contributed by atoms with E-state index in [-0.39, 0.29) is 5.82 Å². The zero-order valence-corrected chi connectivity index (χ0v) is 11.4. The van der Waals surface area contributed by atoms with Gasteiger partial charge in [0.1, 0.15) is 22.5 Å². The lowest BCUT2D eigenvalue weighted by molar-refractivity contribution is 0.602. The minimum Gasteiger partial charge on any atom is -0.373 e. The summed E-state index contributed by atoms with van der Waals surface area (Å²) in [6.07, 6.45) is 2.30. The maximum Gasteiger partial charge on any atom is 0.137 e. The number of aromatic nitrogens is 2. The molecule has 0 unspecified atom stereocenters. The van der Waals surface area contributed by atoms with Crippen LogP contribution in [-0.2, 0) is 0 Å². The maximum absolute atomic E-state index is 13.6. The minimum atomic E-state index is -0.218. The van der Waals surface area contributed by atoms with Crippen molar-refractivity contribution in [3.05, 3.63) is 42.0 Å². The van der Waals surface area contributed by atoms with Gasteiger partial charge in [0.25, 0.3) is 0 Å². The van der Waals surface area contributed by atoms with E-state index in [1.807, 2.05) is 19.2 Å². The molecule has 0 atom stereocenters. The average Bonchev–Trinajstić information content (AvgIpc) is 3.25. The van der Waals surface area contributed by atoms with Crippen LogP contribution in [0.25, 0.3) is 0 Å². The molecule has 98 valence electrons. The molecule has 1 aliphatic carbocycles. The number of nitrogens with one attached hydrogen (secondary N) is 1. The quantitative estimate of drug-likeness (QED) is 0.864. The van der Waals surface area contributed by atoms with E-state index in [1.165, 1.54) is 17.8 Å². The van der Waals surface area contributed by atoms with Gasteiger partial charge in [-0.05, 0) is 25.0 Å². The fourth-order valence-electron chi connectivity index (χ4n) is 1.79. The van der Waals surface area contributed by atoms with E-state index < -0.39 is 0 Å². The zero-order chi connectivity index (χ0) is 13.2. The molecule has 1 aromatic carbocycles. The Labute approximate surface area is 115 Å². The summed E-state index contributed by atoms with van der Waals surface area (Å²) in [5, 5.41) is 3.82. The lowest BCUT2D eigenvalue weighted by Crippen LogP contribution is -2.00. The van der Waals surface area contributed by atoms with Crippen molar-refractivity contribution in [1.82, 2.24) is 9.97 Å². The van der Waals surface area contributed by atoms with Crippen LogP contribution in [0.2, 0.25) is 0 Å². The Hall–Kier alpha value is -1.62. The Bertz CT molecular complexity index is 599. The maximum atomic E-state index is 13.6. The van der Waals surface area contributed by atoms with Gasteiger partial charge in [-0.1, -0.05) is 23.9 Å². The topological polar surface area (TPSA) is 37.8 Å². The van der Waals surface area contributed by atoms with E-state index in [2.05, 4.69) is 15.3 Å². The number of hydrogen-bond donors (Lipinski definition) is 1. The van der Waals surface area contributed by atoms with Crippen LogP contribution in [0.4, 0.5) is 10.2 Å². The molecule has 1 aliphatic rings. The van der Waals surface area contributed by atoms with Crippen LogP contribution in [0, 0.1) is 5.82 Å². The summed E-state index contributed by atoms with van der Waals surface area (Å²) in [4.78, 5) is 9.56. The minimum absolute atomic E-state index is 0.218. The predicted molar refractivity (Wildman–Crippen MR) is 74.1 cm³/mol. The Morgan fingerprint density at radius 1 is 1.26 bits per heavy atom. The van der Waals surface area contributed by atoms with Gasteiger partial charge in [-0.15, -0.1) is 0 Å². The molecule has 0 aliphatic heterocycles. The van der Waals surface area contributed by atoms with Gasteiger partial charge >= 0.3 is 0 Å². The van der Waals surface area contributed by atoms with Crippen molar-refractivity contribution in [1.29, 1.82) is 0 Å². The number of halogens is 1. The first-order valence-corrected chi connectivity index (χ1v) is 7.07. The van der Waals surface area contributed by atoms with E-state index in [0.29, 0.717) is 10.8 Å². The highest BCUT2D eigenvalue weighted by molar-refractivity contribution is 7.99. The first kappa shape index (κ1) is 12.4. The Morgan fingerprint density at radius 2 is 2.05 bits per heavy atom. The van der Waals surface area contributed by atoms with Crippen molar-refractivity contribution in [2.24, 2.45) is 0 Å². The number of hydrogen-bond acceptors (Lipinski definition) is 4. The molecule has 1 aromatic heterocycles. The molecular formula is C14H14FN3S. The van der Waals surface area contributed by atoms with Crippen LogP contribution >= 0.6 is 11.8 Å². The summed E-state index contributed by atoms with van der Waals surface area (Å²) in [6, 6.07) is 8.59. The summed E-state index contributed by atoms with van der Waals surface area (Å²) in [5.41, 5.74) is 0. The molecule has 2 aromatic rings. The molecule has 1 saturated carbocycles. The van der Waals surface area contributed by atoms with Gasteiger partial charge < -0.3 is 5.32 Å². The van der Waals surface area contributed by atoms with E-state index >= 15 is 0 Å². The molecule has 0 amide bonds. The highest BCUT2D eigenvalue weighted by atomic mass is 32.2. The first-order valence-electron chi connectivity index (χ1n) is 6.25. The third-order valence-electron chi connectivity index (χ3n) is 2.97. The van der Waals surface area contributed by atoms with Gasteiger partial charge in [0.05, 0.1) is 0 Å². The fraction of sp³-hybridized carbons (Fsp3) is 0.286. The Balaban J connectivity index is 1.91. The Morgan fingerprint density at radius 3 is 2.74 bits per heavy atom. The van der Waals surface area contributed by atoms with Crippen molar-refractivity contribution in [3.8, 4) is 0 Å². The van der Waals surface area contributed by atoms with Crippen molar-refractivity contribution < 1.29 is 4.39 Å². The molecule has 3 nitrogen and oxygen atoms in total. The van der Waals surface area contributed by atoms with E-state index in [9.17, 15) is 4.39 Å². The van der Waals surface area contributed by atoms with Crippen LogP contribution < -0.4 is 5.32 Å². The van der Waals surface area contributed by atoms with Crippen LogP contribution in [0.15, 0.2) is 40.3 Å². The number of rotatable bonds is 4. The van der Waals surface area contributed by atoms with Gasteiger partial charge in [-0.25, -0.2) is 14.4 Å². The summed E-state index contributed by atoms with van der Waals surface area (Å²) in [5.74, 6) is 1.92. The second-order valence-corrected chi connectivity index (χ2v) is 5.57. The summed E-state index contributed by atoms with van der Waals surface area (Å²) < 4.78 is 13.6. The molecule has 3 rings (SSSR count). The standard InChI is InChI=1S/C14H14FN3S/c1-16-12-8-13(18-14(17-12)9-6-7-9)19-11-5-3-2-4-10(11)15/h2-5,8-9H,6-7H2,1H3,(H,16,17,18). The number of anilines is 1. The summed E-state index contributed by atoms with van der Waals surface area (Å²) in [6.45, 7) is 0. The molecule has 0 radical (unpaired) electrons. The monoisotopic (exact) mass is 275 g/mol. The van der Waals surface area contributed by atoms with Crippen LogP contribution in [0.1, 0.15) is 24.6 Å². The average molecular weight is 275 g/mol. The van der Waals surface area contributed by atoms with Gasteiger partial charge in [0, 0.05) is 23.9 Å². The van der Waals surface area contributed by atoms with Crippen molar-refractivity contribution in [2.45, 2.75) is 28.7 Å². The second-order valence-electron chi connectivity index (χ2n) is 4.51. The largest absolute Gasteiger partial charge is 0.373 e. The highest BCUT2D eigenvalue weighted by Gasteiger charge is 2.27. The fourth-order valence-corrected chi connectivity index (χ4v) is 2.63. The SMILES string of the molecule is CNc1cc(Sc2ccccc2F)nc(C2CC2)n1. The molecule has 5 heteroatoms. The number of benzene rings is 1. The van der Waals surface area contributed by atoms with E-state index in [0.717, 1.165) is 29.5 Å². The lowest BCUT2D eigenvalue weighted by atomic mass is 10.3. The normalized spacial score (nSPS) is 14.4. The number of nitrogens with zero attached hydrogens (tertiary/aromatic N) is 2. The third-order valence-corrected chi connectivity index (χ3v) is 3.94. The third kappa shape index (κ3) is 2.87. The van der Waals surface area contributed by atoms with Crippen molar-refractivity contribution >= 4 is 17.6 Å². The summed E-state index contributed by atoms with van der Waals surface area (Å²) in [7, 11) is 1.83. The molecule has 1 fully saturated rings. The lowest BCUT2D eigenvalue weighted by Gasteiger charge is -2.07. The molecule has 1 N–H and O–H groups in total. The van der Waals surface area contributed by atoms with Gasteiger partial charge in [0.15, 0.2) is 0 Å². The molecular weight excluding hydrogens is 261 g/mol. The molecule has 0 spiro atoms. The van der Waals surface area contributed by atoms with Crippen molar-refractivity contribution in [3.63, 3.8) is 0 Å².